The average molecular weight is 130 g/mol. The van der Waals surface area contributed by atoms with Crippen LogP contribution in [0.15, 0.2) is 0 Å². The molecule has 1 atom stereocenters. The van der Waals surface area contributed by atoms with Gasteiger partial charge in [-0.2, -0.15) is 0 Å². The molecule has 0 aromatic rings. The molecular weight excluding hydrogens is 116 g/mol. The third-order valence-corrected chi connectivity index (χ3v) is 1.18. The van der Waals surface area contributed by atoms with Gasteiger partial charge in [-0.05, 0) is 6.42 Å². The summed E-state index contributed by atoms with van der Waals surface area (Å²) in [6, 6.07) is -0.319. The highest BCUT2D eigenvalue weighted by atomic mass is 16.2. The van der Waals surface area contributed by atoms with E-state index in [1.54, 1.807) is 7.05 Å². The van der Waals surface area contributed by atoms with Gasteiger partial charge >= 0.3 is 0 Å². The molecule has 0 saturated heterocycles. The van der Waals surface area contributed by atoms with E-state index in [1.807, 2.05) is 6.92 Å². The van der Waals surface area contributed by atoms with Crippen LogP contribution < -0.4 is 11.1 Å². The number of carbonyl (C=O) groups excluding carboxylic acids is 1. The van der Waals surface area contributed by atoms with Gasteiger partial charge in [0.2, 0.25) is 5.91 Å². The first-order chi connectivity index (χ1) is 4.22. The molecule has 0 bridgehead atoms. The Balaban J connectivity index is 3.45. The van der Waals surface area contributed by atoms with Crippen LogP contribution in [0.25, 0.3) is 0 Å². The molecule has 1 amide bonds. The first-order valence-corrected chi connectivity index (χ1v) is 3.19. The highest BCUT2D eigenvalue weighted by Gasteiger charge is 2.08. The highest BCUT2D eigenvalue weighted by molar-refractivity contribution is 5.80. The standard InChI is InChI=1S/C6H14N2O/c1-3-4-5(7)6(9)8-2/h5H,3-4,7H2,1-2H3,(H,8,9). The van der Waals surface area contributed by atoms with Crippen LogP contribution in [0.1, 0.15) is 19.8 Å². The summed E-state index contributed by atoms with van der Waals surface area (Å²) in [5.41, 5.74) is 5.43. The number of hydrogen-bond donors (Lipinski definition) is 2. The minimum absolute atomic E-state index is 0.0724. The van der Waals surface area contributed by atoms with Crippen molar-refractivity contribution in [2.24, 2.45) is 5.73 Å². The maximum atomic E-state index is 10.7. The SMILES string of the molecule is CCCC(N)C(=O)NC. The lowest BCUT2D eigenvalue weighted by atomic mass is 10.2. The van der Waals surface area contributed by atoms with Crippen LogP contribution >= 0.6 is 0 Å². The van der Waals surface area contributed by atoms with E-state index in [-0.39, 0.29) is 11.9 Å². The van der Waals surface area contributed by atoms with Crippen LogP contribution in [0.3, 0.4) is 0 Å². The Morgan fingerprint density at radius 1 is 1.78 bits per heavy atom. The topological polar surface area (TPSA) is 55.1 Å². The van der Waals surface area contributed by atoms with E-state index in [4.69, 9.17) is 5.73 Å². The monoisotopic (exact) mass is 130 g/mol. The van der Waals surface area contributed by atoms with E-state index in [9.17, 15) is 4.79 Å². The van der Waals surface area contributed by atoms with Gasteiger partial charge in [0.05, 0.1) is 6.04 Å². The predicted octanol–water partition coefficient (Wildman–Crippen LogP) is -0.140. The van der Waals surface area contributed by atoms with Gasteiger partial charge < -0.3 is 11.1 Å². The summed E-state index contributed by atoms with van der Waals surface area (Å²) in [5, 5.41) is 2.49. The van der Waals surface area contributed by atoms with E-state index < -0.39 is 0 Å². The zero-order valence-corrected chi connectivity index (χ0v) is 5.98. The highest BCUT2D eigenvalue weighted by Crippen LogP contribution is 1.91. The number of nitrogens with two attached hydrogens (primary N) is 1. The van der Waals surface area contributed by atoms with Gasteiger partial charge in [0.1, 0.15) is 0 Å². The fraction of sp³-hybridized carbons (Fsp3) is 0.833. The van der Waals surface area contributed by atoms with Gasteiger partial charge in [0, 0.05) is 7.05 Å². The number of amides is 1. The van der Waals surface area contributed by atoms with E-state index >= 15 is 0 Å². The Morgan fingerprint density at radius 3 is 2.67 bits per heavy atom. The second kappa shape index (κ2) is 4.32. The Hall–Kier alpha value is -0.570. The van der Waals surface area contributed by atoms with Gasteiger partial charge in [-0.15, -0.1) is 0 Å². The molecule has 0 heterocycles. The van der Waals surface area contributed by atoms with Crippen molar-refractivity contribution in [1.29, 1.82) is 0 Å². The molecule has 0 aliphatic heterocycles. The first kappa shape index (κ1) is 8.43. The van der Waals surface area contributed by atoms with Crippen molar-refractivity contribution in [2.75, 3.05) is 7.05 Å². The minimum Gasteiger partial charge on any atom is -0.358 e. The molecule has 0 aliphatic carbocycles. The van der Waals surface area contributed by atoms with Crippen molar-refractivity contribution >= 4 is 5.91 Å². The molecule has 0 saturated carbocycles. The normalized spacial score (nSPS) is 12.8. The summed E-state index contributed by atoms with van der Waals surface area (Å²) < 4.78 is 0. The van der Waals surface area contributed by atoms with Crippen LogP contribution in [-0.4, -0.2) is 19.0 Å². The first-order valence-electron chi connectivity index (χ1n) is 3.19. The van der Waals surface area contributed by atoms with Crippen molar-refractivity contribution in [3.05, 3.63) is 0 Å². The van der Waals surface area contributed by atoms with E-state index in [0.717, 1.165) is 12.8 Å². The molecule has 0 aromatic heterocycles. The molecule has 1 unspecified atom stereocenters. The summed E-state index contributed by atoms with van der Waals surface area (Å²) >= 11 is 0. The molecule has 0 radical (unpaired) electrons. The molecule has 3 nitrogen and oxygen atoms in total. The number of rotatable bonds is 3. The Kier molecular flexibility index (Phi) is 4.05. The molecule has 0 rings (SSSR count). The predicted molar refractivity (Wildman–Crippen MR) is 37.0 cm³/mol. The average Bonchev–Trinajstić information content (AvgIpc) is 1.87. The fourth-order valence-corrected chi connectivity index (χ4v) is 0.627. The molecule has 0 spiro atoms. The third kappa shape index (κ3) is 3.08. The Labute approximate surface area is 55.6 Å². The summed E-state index contributed by atoms with van der Waals surface area (Å²) in [5.74, 6) is -0.0724. The van der Waals surface area contributed by atoms with Crippen LogP contribution in [0, 0.1) is 0 Å². The number of nitrogens with one attached hydrogen (secondary N) is 1. The van der Waals surface area contributed by atoms with Gasteiger partial charge in [-0.25, -0.2) is 0 Å². The Bertz CT molecular complexity index is 93.1. The maximum absolute atomic E-state index is 10.7. The summed E-state index contributed by atoms with van der Waals surface area (Å²) in [6.45, 7) is 2.00. The van der Waals surface area contributed by atoms with Gasteiger partial charge in [0.25, 0.3) is 0 Å². The van der Waals surface area contributed by atoms with E-state index in [2.05, 4.69) is 5.32 Å². The molecule has 9 heavy (non-hydrogen) atoms. The van der Waals surface area contributed by atoms with Crippen molar-refractivity contribution in [2.45, 2.75) is 25.8 Å². The number of carbonyl (C=O) groups is 1. The van der Waals surface area contributed by atoms with Crippen molar-refractivity contribution in [3.8, 4) is 0 Å². The molecule has 0 fully saturated rings. The molecule has 0 aromatic carbocycles. The second-order valence-corrected chi connectivity index (χ2v) is 2.01. The second-order valence-electron chi connectivity index (χ2n) is 2.01. The molecule has 0 aliphatic rings. The van der Waals surface area contributed by atoms with Crippen LogP contribution in [-0.2, 0) is 4.79 Å². The minimum atomic E-state index is -0.319. The summed E-state index contributed by atoms with van der Waals surface area (Å²) in [4.78, 5) is 10.7. The van der Waals surface area contributed by atoms with Crippen molar-refractivity contribution < 1.29 is 4.79 Å². The van der Waals surface area contributed by atoms with Crippen LogP contribution in [0.5, 0.6) is 0 Å². The maximum Gasteiger partial charge on any atom is 0.236 e. The van der Waals surface area contributed by atoms with E-state index in [0.29, 0.717) is 0 Å². The van der Waals surface area contributed by atoms with Crippen LogP contribution in [0.2, 0.25) is 0 Å². The smallest absolute Gasteiger partial charge is 0.236 e. The molecule has 54 valence electrons. The zero-order valence-electron chi connectivity index (χ0n) is 5.98. The quantitative estimate of drug-likeness (QED) is 0.558. The van der Waals surface area contributed by atoms with E-state index in [1.165, 1.54) is 0 Å². The largest absolute Gasteiger partial charge is 0.358 e. The van der Waals surface area contributed by atoms with Crippen LogP contribution in [0.4, 0.5) is 0 Å². The summed E-state index contributed by atoms with van der Waals surface area (Å²) in [6.07, 6.45) is 1.72. The molecular formula is C6H14N2O. The number of likely N-dealkylation sites (N-methyl/N-ethyl adjacent to an activating group) is 1. The lowest BCUT2D eigenvalue weighted by Gasteiger charge is -2.06. The van der Waals surface area contributed by atoms with Crippen molar-refractivity contribution in [3.63, 3.8) is 0 Å². The molecule has 3 N–H and O–H groups in total. The lowest BCUT2D eigenvalue weighted by molar-refractivity contribution is -0.122. The van der Waals surface area contributed by atoms with Gasteiger partial charge in [-0.3, -0.25) is 4.79 Å². The fourth-order valence-electron chi connectivity index (χ4n) is 0.627. The third-order valence-electron chi connectivity index (χ3n) is 1.18. The lowest BCUT2D eigenvalue weighted by Crippen LogP contribution is -2.38. The van der Waals surface area contributed by atoms with Gasteiger partial charge in [-0.1, -0.05) is 13.3 Å². The van der Waals surface area contributed by atoms with Crippen molar-refractivity contribution in [1.82, 2.24) is 5.32 Å². The Morgan fingerprint density at radius 2 is 2.33 bits per heavy atom. The zero-order chi connectivity index (χ0) is 7.28. The van der Waals surface area contributed by atoms with Gasteiger partial charge in [0.15, 0.2) is 0 Å². The number of hydrogen-bond acceptors (Lipinski definition) is 2. The molecule has 3 heteroatoms. The summed E-state index contributed by atoms with van der Waals surface area (Å²) in [7, 11) is 1.60.